The van der Waals surface area contributed by atoms with E-state index >= 15 is 0 Å². The number of benzene rings is 1. The predicted octanol–water partition coefficient (Wildman–Crippen LogP) is 2.33. The Bertz CT molecular complexity index is 664. The fourth-order valence-corrected chi connectivity index (χ4v) is 2.90. The van der Waals surface area contributed by atoms with Gasteiger partial charge in [0, 0.05) is 37.2 Å². The molecule has 1 N–H and O–H groups in total. The maximum Gasteiger partial charge on any atom is 0.307 e. The van der Waals surface area contributed by atoms with Crippen LogP contribution in [-0.2, 0) is 22.7 Å². The highest BCUT2D eigenvalue weighted by Crippen LogP contribution is 2.01. The summed E-state index contributed by atoms with van der Waals surface area (Å²) < 4.78 is 7.19. The molecule has 0 saturated heterocycles. The lowest BCUT2D eigenvalue weighted by molar-refractivity contribution is -0.121. The quantitative estimate of drug-likeness (QED) is 0.716. The van der Waals surface area contributed by atoms with Crippen LogP contribution in [0.3, 0.4) is 0 Å². The molecule has 1 heterocycles. The summed E-state index contributed by atoms with van der Waals surface area (Å²) in [5.41, 5.74) is 2.05. The number of aromatic nitrogens is 1. The standard InChI is InChI=1S/C17H22N2O3S/c1-14-13-23-17(21)19(14)10-8-16(20)18-9-5-11-22-12-15-6-3-2-4-7-15/h2-4,6-7,13H,5,8-12H2,1H3,(H,18,20). The molecule has 0 atom stereocenters. The van der Waals surface area contributed by atoms with Gasteiger partial charge in [-0.3, -0.25) is 9.59 Å². The van der Waals surface area contributed by atoms with Crippen molar-refractivity contribution in [1.82, 2.24) is 9.88 Å². The Hall–Kier alpha value is -1.92. The zero-order valence-electron chi connectivity index (χ0n) is 13.3. The predicted molar refractivity (Wildman–Crippen MR) is 91.7 cm³/mol. The summed E-state index contributed by atoms with van der Waals surface area (Å²) in [5, 5.41) is 4.66. The van der Waals surface area contributed by atoms with Crippen molar-refractivity contribution >= 4 is 17.2 Å². The van der Waals surface area contributed by atoms with Gasteiger partial charge in [-0.05, 0) is 18.9 Å². The van der Waals surface area contributed by atoms with Crippen molar-refractivity contribution in [3.8, 4) is 0 Å². The Balaban J connectivity index is 1.54. The molecule has 1 aromatic heterocycles. The number of carbonyl (C=O) groups excluding carboxylic acids is 1. The molecule has 0 bridgehead atoms. The maximum absolute atomic E-state index is 11.8. The first kappa shape index (κ1) is 17.4. The first-order valence-corrected chi connectivity index (χ1v) is 8.58. The lowest BCUT2D eigenvalue weighted by Gasteiger charge is -2.07. The highest BCUT2D eigenvalue weighted by molar-refractivity contribution is 7.07. The minimum atomic E-state index is -0.0365. The molecule has 6 heteroatoms. The van der Waals surface area contributed by atoms with Gasteiger partial charge in [0.15, 0.2) is 0 Å². The van der Waals surface area contributed by atoms with E-state index in [-0.39, 0.29) is 10.8 Å². The van der Waals surface area contributed by atoms with E-state index in [1.165, 1.54) is 11.3 Å². The van der Waals surface area contributed by atoms with E-state index in [1.54, 1.807) is 4.57 Å². The number of nitrogens with one attached hydrogen (secondary N) is 1. The smallest absolute Gasteiger partial charge is 0.307 e. The van der Waals surface area contributed by atoms with Gasteiger partial charge >= 0.3 is 4.87 Å². The third kappa shape index (κ3) is 6.00. The zero-order chi connectivity index (χ0) is 16.5. The van der Waals surface area contributed by atoms with Gasteiger partial charge in [0.25, 0.3) is 0 Å². The van der Waals surface area contributed by atoms with Crippen molar-refractivity contribution in [2.24, 2.45) is 0 Å². The fourth-order valence-electron chi connectivity index (χ4n) is 2.14. The van der Waals surface area contributed by atoms with Crippen LogP contribution in [0.25, 0.3) is 0 Å². The van der Waals surface area contributed by atoms with E-state index in [4.69, 9.17) is 4.74 Å². The number of nitrogens with zero attached hydrogens (tertiary/aromatic N) is 1. The van der Waals surface area contributed by atoms with Gasteiger partial charge in [0.1, 0.15) is 0 Å². The topological polar surface area (TPSA) is 60.3 Å². The molecular weight excluding hydrogens is 312 g/mol. The first-order chi connectivity index (χ1) is 11.2. The van der Waals surface area contributed by atoms with Crippen LogP contribution >= 0.6 is 11.3 Å². The maximum atomic E-state index is 11.8. The highest BCUT2D eigenvalue weighted by atomic mass is 32.1. The van der Waals surface area contributed by atoms with Gasteiger partial charge in [-0.15, -0.1) is 0 Å². The van der Waals surface area contributed by atoms with Crippen LogP contribution in [0.4, 0.5) is 0 Å². The number of ether oxygens (including phenoxy) is 1. The summed E-state index contributed by atoms with van der Waals surface area (Å²) in [6.07, 6.45) is 1.10. The average molecular weight is 334 g/mol. The monoisotopic (exact) mass is 334 g/mol. The Morgan fingerprint density at radius 2 is 2.09 bits per heavy atom. The molecule has 0 fully saturated rings. The number of hydrogen-bond acceptors (Lipinski definition) is 4. The molecule has 0 aliphatic heterocycles. The summed E-state index contributed by atoms with van der Waals surface area (Å²) >= 11 is 1.17. The Morgan fingerprint density at radius 3 is 2.78 bits per heavy atom. The third-order valence-electron chi connectivity index (χ3n) is 3.44. The third-order valence-corrected chi connectivity index (χ3v) is 4.32. The van der Waals surface area contributed by atoms with Crippen LogP contribution in [0.2, 0.25) is 0 Å². The number of thiazole rings is 1. The van der Waals surface area contributed by atoms with Gasteiger partial charge in [0.2, 0.25) is 5.91 Å². The van der Waals surface area contributed by atoms with Crippen LogP contribution in [0.5, 0.6) is 0 Å². The molecule has 0 unspecified atom stereocenters. The Morgan fingerprint density at radius 1 is 1.30 bits per heavy atom. The molecule has 2 rings (SSSR count). The normalized spacial score (nSPS) is 10.7. The lowest BCUT2D eigenvalue weighted by atomic mass is 10.2. The molecular formula is C17H22N2O3S. The molecule has 0 saturated carbocycles. The number of hydrogen-bond donors (Lipinski definition) is 1. The van der Waals surface area contributed by atoms with Crippen molar-refractivity contribution in [1.29, 1.82) is 0 Å². The SMILES string of the molecule is Cc1csc(=O)n1CCC(=O)NCCCOCc1ccccc1. The van der Waals surface area contributed by atoms with Crippen molar-refractivity contribution < 1.29 is 9.53 Å². The molecule has 0 spiro atoms. The molecule has 0 aliphatic carbocycles. The fraction of sp³-hybridized carbons (Fsp3) is 0.412. The largest absolute Gasteiger partial charge is 0.377 e. The van der Waals surface area contributed by atoms with E-state index in [2.05, 4.69) is 5.32 Å². The van der Waals surface area contributed by atoms with Crippen molar-refractivity contribution in [3.05, 3.63) is 56.6 Å². The average Bonchev–Trinajstić information content (AvgIpc) is 2.88. The van der Waals surface area contributed by atoms with Crippen LogP contribution in [-0.4, -0.2) is 23.6 Å². The lowest BCUT2D eigenvalue weighted by Crippen LogP contribution is -2.27. The number of amides is 1. The van der Waals surface area contributed by atoms with E-state index in [1.807, 2.05) is 42.6 Å². The molecule has 124 valence electrons. The molecule has 1 amide bonds. The minimum absolute atomic E-state index is 0.00962. The summed E-state index contributed by atoms with van der Waals surface area (Å²) in [6, 6.07) is 10.00. The van der Waals surface area contributed by atoms with Crippen molar-refractivity contribution in [2.45, 2.75) is 32.9 Å². The van der Waals surface area contributed by atoms with Crippen LogP contribution in [0, 0.1) is 6.92 Å². The van der Waals surface area contributed by atoms with Gasteiger partial charge < -0.3 is 14.6 Å². The number of aryl methyl sites for hydroxylation is 1. The van der Waals surface area contributed by atoms with Gasteiger partial charge in [0.05, 0.1) is 6.61 Å². The highest BCUT2D eigenvalue weighted by Gasteiger charge is 2.06. The van der Waals surface area contributed by atoms with Gasteiger partial charge in [-0.2, -0.15) is 0 Å². The second kappa shape index (κ2) is 9.27. The van der Waals surface area contributed by atoms with E-state index < -0.39 is 0 Å². The van der Waals surface area contributed by atoms with E-state index in [9.17, 15) is 9.59 Å². The van der Waals surface area contributed by atoms with E-state index in [0.717, 1.165) is 17.7 Å². The second-order valence-corrected chi connectivity index (χ2v) is 6.11. The zero-order valence-corrected chi connectivity index (χ0v) is 14.1. The second-order valence-electron chi connectivity index (χ2n) is 5.29. The molecule has 0 aliphatic rings. The van der Waals surface area contributed by atoms with Crippen LogP contribution in [0.1, 0.15) is 24.1 Å². The summed E-state index contributed by atoms with van der Waals surface area (Å²) in [4.78, 5) is 23.3. The minimum Gasteiger partial charge on any atom is -0.377 e. The number of rotatable bonds is 9. The molecule has 1 aromatic carbocycles. The van der Waals surface area contributed by atoms with Crippen molar-refractivity contribution in [3.63, 3.8) is 0 Å². The Kier molecular flexibility index (Phi) is 7.03. The summed E-state index contributed by atoms with van der Waals surface area (Å²) in [5.74, 6) is -0.0365. The van der Waals surface area contributed by atoms with Crippen LogP contribution < -0.4 is 10.2 Å². The Labute approximate surface area is 139 Å². The first-order valence-electron chi connectivity index (χ1n) is 7.70. The molecule has 23 heavy (non-hydrogen) atoms. The summed E-state index contributed by atoms with van der Waals surface area (Å²) in [7, 11) is 0. The molecule has 5 nitrogen and oxygen atoms in total. The molecule has 2 aromatic rings. The van der Waals surface area contributed by atoms with Crippen molar-refractivity contribution in [2.75, 3.05) is 13.2 Å². The number of carbonyl (C=O) groups is 1. The van der Waals surface area contributed by atoms with Gasteiger partial charge in [-0.1, -0.05) is 41.7 Å². The van der Waals surface area contributed by atoms with Gasteiger partial charge in [-0.25, -0.2) is 0 Å². The van der Waals surface area contributed by atoms with E-state index in [0.29, 0.717) is 32.7 Å². The summed E-state index contributed by atoms with van der Waals surface area (Å²) in [6.45, 7) is 4.10. The molecule has 0 radical (unpaired) electrons. The van der Waals surface area contributed by atoms with Crippen LogP contribution in [0.15, 0.2) is 40.5 Å².